The Hall–Kier alpha value is -2.29. The van der Waals surface area contributed by atoms with Crippen LogP contribution in [0, 0.1) is 6.92 Å². The molecule has 0 unspecified atom stereocenters. The predicted octanol–water partition coefficient (Wildman–Crippen LogP) is 3.95. The molecule has 0 atom stereocenters. The average Bonchev–Trinajstić information content (AvgIpc) is 2.43. The van der Waals surface area contributed by atoms with Crippen molar-refractivity contribution in [1.29, 1.82) is 0 Å². The lowest BCUT2D eigenvalue weighted by Gasteiger charge is -2.12. The maximum Gasteiger partial charge on any atom is 0.255 e. The summed E-state index contributed by atoms with van der Waals surface area (Å²) in [5.41, 5.74) is 9.97. The number of hydrogen-bond donors (Lipinski definition) is 2. The molecule has 0 aliphatic carbocycles. The standard InChI is InChI=1S/C17H20N2O/c1-11(2)13-7-9-14(10-8-13)17(20)19-16-12(3)5-4-6-15(16)18/h4-11H,18H2,1-3H3,(H,19,20). The van der Waals surface area contributed by atoms with Crippen LogP contribution >= 0.6 is 0 Å². The fourth-order valence-electron chi connectivity index (χ4n) is 2.07. The van der Waals surface area contributed by atoms with E-state index in [2.05, 4.69) is 19.2 Å². The van der Waals surface area contributed by atoms with E-state index < -0.39 is 0 Å². The van der Waals surface area contributed by atoms with Crippen LogP contribution in [0.25, 0.3) is 0 Å². The fraction of sp³-hybridized carbons (Fsp3) is 0.235. The van der Waals surface area contributed by atoms with E-state index >= 15 is 0 Å². The van der Waals surface area contributed by atoms with Gasteiger partial charge < -0.3 is 11.1 Å². The molecular weight excluding hydrogens is 248 g/mol. The minimum absolute atomic E-state index is 0.138. The molecule has 2 aromatic carbocycles. The molecule has 20 heavy (non-hydrogen) atoms. The third kappa shape index (κ3) is 2.99. The first-order valence-electron chi connectivity index (χ1n) is 6.75. The molecule has 0 aliphatic heterocycles. The van der Waals surface area contributed by atoms with Gasteiger partial charge in [-0.25, -0.2) is 0 Å². The molecule has 0 spiro atoms. The van der Waals surface area contributed by atoms with Crippen LogP contribution in [-0.4, -0.2) is 5.91 Å². The van der Waals surface area contributed by atoms with Crippen LogP contribution in [0.5, 0.6) is 0 Å². The summed E-state index contributed by atoms with van der Waals surface area (Å²) in [7, 11) is 0. The van der Waals surface area contributed by atoms with Gasteiger partial charge in [-0.15, -0.1) is 0 Å². The number of carbonyl (C=O) groups excluding carboxylic acids is 1. The number of carbonyl (C=O) groups is 1. The van der Waals surface area contributed by atoms with Gasteiger partial charge in [0.15, 0.2) is 0 Å². The summed E-state index contributed by atoms with van der Waals surface area (Å²) < 4.78 is 0. The lowest BCUT2D eigenvalue weighted by molar-refractivity contribution is 0.102. The molecule has 3 N–H and O–H groups in total. The van der Waals surface area contributed by atoms with E-state index in [1.165, 1.54) is 5.56 Å². The Kier molecular flexibility index (Phi) is 4.08. The number of anilines is 2. The molecule has 2 aromatic rings. The van der Waals surface area contributed by atoms with Crippen LogP contribution in [-0.2, 0) is 0 Å². The monoisotopic (exact) mass is 268 g/mol. The maximum atomic E-state index is 12.2. The van der Waals surface area contributed by atoms with E-state index in [9.17, 15) is 4.79 Å². The summed E-state index contributed by atoms with van der Waals surface area (Å²) in [5.74, 6) is 0.320. The smallest absolute Gasteiger partial charge is 0.255 e. The van der Waals surface area contributed by atoms with Crippen molar-refractivity contribution in [1.82, 2.24) is 0 Å². The quantitative estimate of drug-likeness (QED) is 0.828. The molecule has 0 saturated heterocycles. The summed E-state index contributed by atoms with van der Waals surface area (Å²) in [6.45, 7) is 6.18. The molecular formula is C17H20N2O. The first-order chi connectivity index (χ1) is 9.49. The summed E-state index contributed by atoms with van der Waals surface area (Å²) in [6.07, 6.45) is 0. The molecule has 1 amide bonds. The Bertz CT molecular complexity index is 595. The number of nitrogens with one attached hydrogen (secondary N) is 1. The van der Waals surface area contributed by atoms with Crippen molar-refractivity contribution in [3.63, 3.8) is 0 Å². The second-order valence-electron chi connectivity index (χ2n) is 5.27. The second kappa shape index (κ2) is 5.78. The van der Waals surface area contributed by atoms with E-state index in [4.69, 9.17) is 5.73 Å². The molecule has 0 aliphatic rings. The zero-order valence-electron chi connectivity index (χ0n) is 12.1. The number of benzene rings is 2. The highest BCUT2D eigenvalue weighted by molar-refractivity contribution is 6.06. The van der Waals surface area contributed by atoms with Gasteiger partial charge in [-0.3, -0.25) is 4.79 Å². The molecule has 3 nitrogen and oxygen atoms in total. The van der Waals surface area contributed by atoms with Crippen LogP contribution in [0.3, 0.4) is 0 Å². The van der Waals surface area contributed by atoms with Gasteiger partial charge in [0, 0.05) is 5.56 Å². The predicted molar refractivity (Wildman–Crippen MR) is 84.1 cm³/mol. The molecule has 3 heteroatoms. The minimum Gasteiger partial charge on any atom is -0.397 e. The van der Waals surface area contributed by atoms with Gasteiger partial charge in [0.1, 0.15) is 0 Å². The van der Waals surface area contributed by atoms with Crippen LogP contribution < -0.4 is 11.1 Å². The molecule has 0 bridgehead atoms. The number of aryl methyl sites for hydroxylation is 1. The SMILES string of the molecule is Cc1cccc(N)c1NC(=O)c1ccc(C(C)C)cc1. The van der Waals surface area contributed by atoms with Crippen molar-refractivity contribution >= 4 is 17.3 Å². The van der Waals surface area contributed by atoms with Crippen molar-refractivity contribution in [3.8, 4) is 0 Å². The van der Waals surface area contributed by atoms with E-state index in [0.717, 1.165) is 5.56 Å². The van der Waals surface area contributed by atoms with Crippen molar-refractivity contribution in [2.24, 2.45) is 0 Å². The Morgan fingerprint density at radius 2 is 1.75 bits per heavy atom. The van der Waals surface area contributed by atoms with Gasteiger partial charge in [-0.2, -0.15) is 0 Å². The molecule has 0 aromatic heterocycles. The fourth-order valence-corrected chi connectivity index (χ4v) is 2.07. The zero-order valence-corrected chi connectivity index (χ0v) is 12.1. The Balaban J connectivity index is 2.20. The summed E-state index contributed by atoms with van der Waals surface area (Å²) in [5, 5.41) is 2.88. The average molecular weight is 268 g/mol. The summed E-state index contributed by atoms with van der Waals surface area (Å²) >= 11 is 0. The molecule has 104 valence electrons. The second-order valence-corrected chi connectivity index (χ2v) is 5.27. The largest absolute Gasteiger partial charge is 0.397 e. The van der Waals surface area contributed by atoms with Gasteiger partial charge in [0.25, 0.3) is 5.91 Å². The Morgan fingerprint density at radius 3 is 2.30 bits per heavy atom. The highest BCUT2D eigenvalue weighted by atomic mass is 16.1. The minimum atomic E-state index is -0.138. The van der Waals surface area contributed by atoms with Crippen molar-refractivity contribution < 1.29 is 4.79 Å². The van der Waals surface area contributed by atoms with E-state index in [1.54, 1.807) is 6.07 Å². The first-order valence-corrected chi connectivity index (χ1v) is 6.75. The van der Waals surface area contributed by atoms with Crippen LogP contribution in [0.1, 0.15) is 41.3 Å². The number of amides is 1. The van der Waals surface area contributed by atoms with E-state index in [-0.39, 0.29) is 5.91 Å². The van der Waals surface area contributed by atoms with Gasteiger partial charge in [0.2, 0.25) is 0 Å². The lowest BCUT2D eigenvalue weighted by Crippen LogP contribution is -2.14. The van der Waals surface area contributed by atoms with Gasteiger partial charge >= 0.3 is 0 Å². The number of rotatable bonds is 3. The number of para-hydroxylation sites is 1. The van der Waals surface area contributed by atoms with Gasteiger partial charge in [0.05, 0.1) is 11.4 Å². The third-order valence-electron chi connectivity index (χ3n) is 3.38. The molecule has 2 rings (SSSR count). The summed E-state index contributed by atoms with van der Waals surface area (Å²) in [6, 6.07) is 13.2. The highest BCUT2D eigenvalue weighted by Gasteiger charge is 2.10. The Labute approximate surface area is 119 Å². The molecule has 0 radical (unpaired) electrons. The Morgan fingerprint density at radius 1 is 1.10 bits per heavy atom. The van der Waals surface area contributed by atoms with Crippen LogP contribution in [0.15, 0.2) is 42.5 Å². The van der Waals surface area contributed by atoms with Crippen LogP contribution in [0.2, 0.25) is 0 Å². The molecule has 0 fully saturated rings. The van der Waals surface area contributed by atoms with E-state index in [0.29, 0.717) is 22.9 Å². The molecule has 0 heterocycles. The number of hydrogen-bond acceptors (Lipinski definition) is 2. The van der Waals surface area contributed by atoms with Crippen LogP contribution in [0.4, 0.5) is 11.4 Å². The van der Waals surface area contributed by atoms with Gasteiger partial charge in [-0.05, 0) is 42.2 Å². The van der Waals surface area contributed by atoms with Crippen molar-refractivity contribution in [3.05, 3.63) is 59.2 Å². The number of nitrogens with two attached hydrogens (primary N) is 1. The van der Waals surface area contributed by atoms with E-state index in [1.807, 2.05) is 43.3 Å². The topological polar surface area (TPSA) is 55.1 Å². The molecule has 0 saturated carbocycles. The normalized spacial score (nSPS) is 10.6. The maximum absolute atomic E-state index is 12.2. The first kappa shape index (κ1) is 14.1. The zero-order chi connectivity index (χ0) is 14.7. The summed E-state index contributed by atoms with van der Waals surface area (Å²) in [4.78, 5) is 12.2. The third-order valence-corrected chi connectivity index (χ3v) is 3.38. The van der Waals surface area contributed by atoms with Crippen molar-refractivity contribution in [2.75, 3.05) is 11.1 Å². The van der Waals surface area contributed by atoms with Gasteiger partial charge in [-0.1, -0.05) is 38.1 Å². The van der Waals surface area contributed by atoms with Crippen molar-refractivity contribution in [2.45, 2.75) is 26.7 Å². The lowest BCUT2D eigenvalue weighted by atomic mass is 10.0. The highest BCUT2D eigenvalue weighted by Crippen LogP contribution is 2.23. The number of nitrogen functional groups attached to an aromatic ring is 1.